The van der Waals surface area contributed by atoms with Gasteiger partial charge in [-0.1, -0.05) is 42.1 Å². The van der Waals surface area contributed by atoms with Gasteiger partial charge in [-0.25, -0.2) is 0 Å². The van der Waals surface area contributed by atoms with Gasteiger partial charge in [0.15, 0.2) is 0 Å². The van der Waals surface area contributed by atoms with Crippen molar-refractivity contribution in [1.29, 1.82) is 0 Å². The minimum Gasteiger partial charge on any atom is -0.497 e. The molecule has 0 aliphatic carbocycles. The lowest BCUT2D eigenvalue weighted by atomic mass is 10.2. The summed E-state index contributed by atoms with van der Waals surface area (Å²) < 4.78 is 5.12. The summed E-state index contributed by atoms with van der Waals surface area (Å²) in [5.41, 5.74) is 1.22. The zero-order valence-electron chi connectivity index (χ0n) is 9.67. The number of thioether (sulfide) groups is 1. The van der Waals surface area contributed by atoms with E-state index in [1.807, 2.05) is 30.3 Å². The summed E-state index contributed by atoms with van der Waals surface area (Å²) in [6.07, 6.45) is 2.11. The number of ether oxygens (including phenoxy) is 1. The Morgan fingerprint density at radius 3 is 2.29 bits per heavy atom. The summed E-state index contributed by atoms with van der Waals surface area (Å²) in [5.74, 6) is 0.890. The van der Waals surface area contributed by atoms with Crippen LogP contribution in [0.2, 0.25) is 0 Å². The molecule has 0 aromatic heterocycles. The number of methoxy groups -OCH3 is 1. The van der Waals surface area contributed by atoms with Crippen LogP contribution in [0.1, 0.15) is 5.56 Å². The van der Waals surface area contributed by atoms with Gasteiger partial charge in [-0.2, -0.15) is 0 Å². The molecule has 0 saturated heterocycles. The first kappa shape index (κ1) is 11.8. The normalized spacial score (nSPS) is 10.6. The van der Waals surface area contributed by atoms with Gasteiger partial charge in [0.1, 0.15) is 5.75 Å². The highest BCUT2D eigenvalue weighted by Gasteiger charge is 1.92. The summed E-state index contributed by atoms with van der Waals surface area (Å²) in [6, 6.07) is 18.3. The summed E-state index contributed by atoms with van der Waals surface area (Å²) in [4.78, 5) is 1.21. The van der Waals surface area contributed by atoms with E-state index in [-0.39, 0.29) is 0 Å². The molecule has 0 atom stereocenters. The van der Waals surface area contributed by atoms with Crippen LogP contribution in [0.5, 0.6) is 5.75 Å². The van der Waals surface area contributed by atoms with E-state index in [1.165, 1.54) is 10.5 Å². The average Bonchev–Trinajstić information content (AvgIpc) is 2.41. The lowest BCUT2D eigenvalue weighted by molar-refractivity contribution is 0.414. The molecule has 1 nitrogen and oxygen atoms in total. The molecule has 2 heteroatoms. The van der Waals surface area contributed by atoms with Gasteiger partial charge in [-0.05, 0) is 41.3 Å². The quantitative estimate of drug-likeness (QED) is 0.732. The summed E-state index contributed by atoms with van der Waals surface area (Å²) in [5, 5.41) is 2.09. The van der Waals surface area contributed by atoms with Crippen molar-refractivity contribution in [1.82, 2.24) is 0 Å². The number of rotatable bonds is 4. The molecule has 0 spiro atoms. The van der Waals surface area contributed by atoms with E-state index in [1.54, 1.807) is 18.9 Å². The second-order valence-corrected chi connectivity index (χ2v) is 4.49. The second kappa shape index (κ2) is 6.16. The first-order chi connectivity index (χ1) is 8.38. The van der Waals surface area contributed by atoms with E-state index >= 15 is 0 Å². The average molecular weight is 242 g/mol. The van der Waals surface area contributed by atoms with Crippen LogP contribution >= 0.6 is 11.8 Å². The van der Waals surface area contributed by atoms with Crippen molar-refractivity contribution in [2.45, 2.75) is 4.90 Å². The maximum Gasteiger partial charge on any atom is 0.118 e. The minimum atomic E-state index is 0.890. The number of benzene rings is 2. The molecule has 2 aromatic carbocycles. The molecule has 0 unspecified atom stereocenters. The van der Waals surface area contributed by atoms with Crippen molar-refractivity contribution < 1.29 is 4.74 Å². The van der Waals surface area contributed by atoms with Crippen LogP contribution in [0.25, 0.3) is 6.08 Å². The predicted octanol–water partition coefficient (Wildman–Crippen LogP) is 4.46. The van der Waals surface area contributed by atoms with Crippen molar-refractivity contribution in [2.24, 2.45) is 0 Å². The Hall–Kier alpha value is -1.67. The Labute approximate surface area is 106 Å². The first-order valence-electron chi connectivity index (χ1n) is 5.41. The molecule has 0 saturated carbocycles. The van der Waals surface area contributed by atoms with Crippen molar-refractivity contribution in [3.8, 4) is 5.75 Å². The van der Waals surface area contributed by atoms with E-state index in [4.69, 9.17) is 4.74 Å². The standard InChI is InChI=1S/C15H14OS/c1-16-14-7-9-15(10-8-14)17-12-11-13-5-3-2-4-6-13/h2-12H,1H3. The summed E-state index contributed by atoms with van der Waals surface area (Å²) in [6.45, 7) is 0. The third-order valence-corrected chi connectivity index (χ3v) is 3.14. The molecule has 0 amide bonds. The highest BCUT2D eigenvalue weighted by molar-refractivity contribution is 8.02. The Kier molecular flexibility index (Phi) is 4.28. The summed E-state index contributed by atoms with van der Waals surface area (Å²) in [7, 11) is 1.68. The lowest BCUT2D eigenvalue weighted by Gasteiger charge is -2.00. The lowest BCUT2D eigenvalue weighted by Crippen LogP contribution is -1.80. The van der Waals surface area contributed by atoms with Gasteiger partial charge in [0.05, 0.1) is 7.11 Å². The van der Waals surface area contributed by atoms with Crippen LogP contribution in [0.3, 0.4) is 0 Å². The summed E-state index contributed by atoms with van der Waals surface area (Å²) >= 11 is 1.70. The van der Waals surface area contributed by atoms with Crippen LogP contribution in [0.4, 0.5) is 0 Å². The van der Waals surface area contributed by atoms with E-state index in [0.717, 1.165) is 5.75 Å². The van der Waals surface area contributed by atoms with E-state index in [9.17, 15) is 0 Å². The maximum absolute atomic E-state index is 5.12. The van der Waals surface area contributed by atoms with E-state index in [2.05, 4.69) is 35.7 Å². The fraction of sp³-hybridized carbons (Fsp3) is 0.0667. The molecule has 0 radical (unpaired) electrons. The third-order valence-electron chi connectivity index (χ3n) is 2.32. The van der Waals surface area contributed by atoms with Crippen molar-refractivity contribution in [2.75, 3.05) is 7.11 Å². The number of hydrogen-bond acceptors (Lipinski definition) is 2. The SMILES string of the molecule is COc1ccc(SC=Cc2ccccc2)cc1. The topological polar surface area (TPSA) is 9.23 Å². The minimum absolute atomic E-state index is 0.890. The molecular formula is C15H14OS. The van der Waals surface area contributed by atoms with Gasteiger partial charge in [0.2, 0.25) is 0 Å². The second-order valence-electron chi connectivity index (χ2n) is 3.51. The van der Waals surface area contributed by atoms with Gasteiger partial charge < -0.3 is 4.74 Å². The fourth-order valence-corrected chi connectivity index (χ4v) is 2.09. The monoisotopic (exact) mass is 242 g/mol. The van der Waals surface area contributed by atoms with Crippen LogP contribution in [-0.2, 0) is 0 Å². The van der Waals surface area contributed by atoms with Crippen molar-refractivity contribution in [3.63, 3.8) is 0 Å². The fourth-order valence-electron chi connectivity index (χ4n) is 1.41. The molecular weight excluding hydrogens is 228 g/mol. The van der Waals surface area contributed by atoms with Gasteiger partial charge in [-0.15, -0.1) is 0 Å². The predicted molar refractivity (Wildman–Crippen MR) is 74.3 cm³/mol. The van der Waals surface area contributed by atoms with Crippen LogP contribution < -0.4 is 4.74 Å². The van der Waals surface area contributed by atoms with Gasteiger partial charge in [0.25, 0.3) is 0 Å². The molecule has 2 aromatic rings. The molecule has 17 heavy (non-hydrogen) atoms. The largest absolute Gasteiger partial charge is 0.497 e. The zero-order valence-corrected chi connectivity index (χ0v) is 10.5. The molecule has 0 heterocycles. The molecule has 0 aliphatic rings. The van der Waals surface area contributed by atoms with Gasteiger partial charge in [0, 0.05) is 4.90 Å². The van der Waals surface area contributed by atoms with Gasteiger partial charge >= 0.3 is 0 Å². The van der Waals surface area contributed by atoms with Crippen LogP contribution in [0, 0.1) is 0 Å². The van der Waals surface area contributed by atoms with Crippen molar-refractivity contribution >= 4 is 17.8 Å². The first-order valence-corrected chi connectivity index (χ1v) is 6.29. The zero-order chi connectivity index (χ0) is 11.9. The highest BCUT2D eigenvalue weighted by atomic mass is 32.2. The van der Waals surface area contributed by atoms with E-state index < -0.39 is 0 Å². The van der Waals surface area contributed by atoms with Crippen LogP contribution in [-0.4, -0.2) is 7.11 Å². The Balaban J connectivity index is 1.95. The highest BCUT2D eigenvalue weighted by Crippen LogP contribution is 2.22. The maximum atomic E-state index is 5.12. The molecule has 0 fully saturated rings. The molecule has 0 aliphatic heterocycles. The van der Waals surface area contributed by atoms with Crippen molar-refractivity contribution in [3.05, 3.63) is 65.6 Å². The molecule has 2 rings (SSSR count). The third kappa shape index (κ3) is 3.68. The molecule has 86 valence electrons. The Bertz CT molecular complexity index is 474. The molecule has 0 N–H and O–H groups in total. The number of hydrogen-bond donors (Lipinski definition) is 0. The Morgan fingerprint density at radius 1 is 0.941 bits per heavy atom. The smallest absolute Gasteiger partial charge is 0.118 e. The van der Waals surface area contributed by atoms with Gasteiger partial charge in [-0.3, -0.25) is 0 Å². The van der Waals surface area contributed by atoms with E-state index in [0.29, 0.717) is 0 Å². The van der Waals surface area contributed by atoms with Crippen LogP contribution in [0.15, 0.2) is 64.9 Å². The molecule has 0 bridgehead atoms. The Morgan fingerprint density at radius 2 is 1.65 bits per heavy atom.